The van der Waals surface area contributed by atoms with Crippen molar-refractivity contribution in [2.24, 2.45) is 5.92 Å². The van der Waals surface area contributed by atoms with E-state index in [2.05, 4.69) is 19.1 Å². The predicted molar refractivity (Wildman–Crippen MR) is 67.1 cm³/mol. The number of hydrogen-bond donors (Lipinski definition) is 1. The molecule has 0 saturated heterocycles. The van der Waals surface area contributed by atoms with Gasteiger partial charge >= 0.3 is 5.97 Å². The smallest absolute Gasteiger partial charge is 0.306 e. The van der Waals surface area contributed by atoms with E-state index in [0.717, 1.165) is 0 Å². The monoisotopic (exact) mass is 234 g/mol. The Morgan fingerprint density at radius 1 is 1.44 bits per heavy atom. The summed E-state index contributed by atoms with van der Waals surface area (Å²) in [4.78, 5) is 12.0. The third-order valence-electron chi connectivity index (χ3n) is 2.86. The van der Waals surface area contributed by atoms with Crippen molar-refractivity contribution < 1.29 is 9.90 Å². The standard InChI is InChI=1S/C13H14O2S/c1-8(13(14)15)7-12-9(2)10-5-3-4-6-11(10)16-12/h3-6,8H,7H2,1-2H3,(H,14,15). The zero-order valence-corrected chi connectivity index (χ0v) is 10.2. The van der Waals surface area contributed by atoms with Crippen LogP contribution in [0.3, 0.4) is 0 Å². The highest BCUT2D eigenvalue weighted by Crippen LogP contribution is 2.32. The number of aliphatic carboxylic acids is 1. The second kappa shape index (κ2) is 4.26. The minimum absolute atomic E-state index is 0.313. The molecule has 0 spiro atoms. The molecule has 1 atom stereocenters. The number of carboxylic acid groups (broad SMARTS) is 1. The minimum Gasteiger partial charge on any atom is -0.481 e. The number of fused-ring (bicyclic) bond motifs is 1. The van der Waals surface area contributed by atoms with E-state index in [1.165, 1.54) is 20.5 Å². The van der Waals surface area contributed by atoms with Gasteiger partial charge in [0.05, 0.1) is 5.92 Å². The average molecular weight is 234 g/mol. The second-order valence-corrected chi connectivity index (χ2v) is 5.23. The molecule has 0 aliphatic heterocycles. The molecule has 0 aliphatic carbocycles. The van der Waals surface area contributed by atoms with Crippen molar-refractivity contribution in [1.82, 2.24) is 0 Å². The SMILES string of the molecule is Cc1c(CC(C)C(=O)O)sc2ccccc12. The van der Waals surface area contributed by atoms with Crippen LogP contribution in [-0.4, -0.2) is 11.1 Å². The summed E-state index contributed by atoms with van der Waals surface area (Å²) in [6, 6.07) is 8.22. The van der Waals surface area contributed by atoms with Crippen molar-refractivity contribution in [2.45, 2.75) is 20.3 Å². The highest BCUT2D eigenvalue weighted by atomic mass is 32.1. The number of aryl methyl sites for hydroxylation is 1. The fraction of sp³-hybridized carbons (Fsp3) is 0.308. The van der Waals surface area contributed by atoms with E-state index in [1.54, 1.807) is 18.3 Å². The van der Waals surface area contributed by atoms with Crippen molar-refractivity contribution in [1.29, 1.82) is 0 Å². The lowest BCUT2D eigenvalue weighted by Crippen LogP contribution is -2.11. The third kappa shape index (κ3) is 1.95. The summed E-state index contributed by atoms with van der Waals surface area (Å²) in [5, 5.41) is 10.2. The molecule has 2 nitrogen and oxygen atoms in total. The fourth-order valence-electron chi connectivity index (χ4n) is 1.79. The molecule has 1 aromatic carbocycles. The number of carbonyl (C=O) groups is 1. The first kappa shape index (κ1) is 11.1. The number of hydrogen-bond acceptors (Lipinski definition) is 2. The van der Waals surface area contributed by atoms with E-state index in [4.69, 9.17) is 5.11 Å². The molecular formula is C13H14O2S. The molecular weight excluding hydrogens is 220 g/mol. The lowest BCUT2D eigenvalue weighted by Gasteiger charge is -2.04. The van der Waals surface area contributed by atoms with Crippen molar-refractivity contribution in [3.8, 4) is 0 Å². The van der Waals surface area contributed by atoms with E-state index in [-0.39, 0.29) is 5.92 Å². The summed E-state index contributed by atoms with van der Waals surface area (Å²) in [5.41, 5.74) is 1.23. The molecule has 0 bridgehead atoms. The van der Waals surface area contributed by atoms with Crippen LogP contribution in [0.4, 0.5) is 0 Å². The Kier molecular flexibility index (Phi) is 2.97. The molecule has 1 unspecified atom stereocenters. The Balaban J connectivity index is 2.38. The van der Waals surface area contributed by atoms with Gasteiger partial charge in [0.25, 0.3) is 0 Å². The maximum Gasteiger partial charge on any atom is 0.306 e. The molecule has 1 aromatic heterocycles. The van der Waals surface area contributed by atoms with Crippen molar-refractivity contribution in [3.63, 3.8) is 0 Å². The molecule has 2 rings (SSSR count). The molecule has 0 saturated carbocycles. The normalized spacial score (nSPS) is 12.9. The number of thiophene rings is 1. The van der Waals surface area contributed by atoms with Gasteiger partial charge in [0, 0.05) is 9.58 Å². The van der Waals surface area contributed by atoms with Crippen LogP contribution in [-0.2, 0) is 11.2 Å². The molecule has 0 aliphatic rings. The first-order chi connectivity index (χ1) is 7.59. The Bertz CT molecular complexity index is 528. The molecule has 0 fully saturated rings. The van der Waals surface area contributed by atoms with E-state index in [0.29, 0.717) is 6.42 Å². The van der Waals surface area contributed by atoms with Gasteiger partial charge < -0.3 is 5.11 Å². The van der Waals surface area contributed by atoms with Gasteiger partial charge in [-0.3, -0.25) is 4.79 Å². The quantitative estimate of drug-likeness (QED) is 0.882. The van der Waals surface area contributed by atoms with Crippen molar-refractivity contribution >= 4 is 27.4 Å². The van der Waals surface area contributed by atoms with Gasteiger partial charge in [0.1, 0.15) is 0 Å². The Labute approximate surface area is 98.5 Å². The first-order valence-electron chi connectivity index (χ1n) is 5.29. The number of carboxylic acids is 1. The van der Waals surface area contributed by atoms with Gasteiger partial charge in [0.2, 0.25) is 0 Å². The molecule has 3 heteroatoms. The molecule has 16 heavy (non-hydrogen) atoms. The van der Waals surface area contributed by atoms with Crippen LogP contribution in [0, 0.1) is 12.8 Å². The maximum atomic E-state index is 10.8. The van der Waals surface area contributed by atoms with Crippen LogP contribution in [0.1, 0.15) is 17.4 Å². The van der Waals surface area contributed by atoms with Crippen LogP contribution in [0.5, 0.6) is 0 Å². The van der Waals surface area contributed by atoms with Gasteiger partial charge in [-0.05, 0) is 30.4 Å². The highest BCUT2D eigenvalue weighted by Gasteiger charge is 2.15. The summed E-state index contributed by atoms with van der Waals surface area (Å²) in [5.74, 6) is -1.04. The number of rotatable bonds is 3. The van der Waals surface area contributed by atoms with Crippen LogP contribution in [0.25, 0.3) is 10.1 Å². The topological polar surface area (TPSA) is 37.3 Å². The van der Waals surface area contributed by atoms with Gasteiger partial charge in [-0.25, -0.2) is 0 Å². The molecule has 84 valence electrons. The second-order valence-electron chi connectivity index (χ2n) is 4.09. The summed E-state index contributed by atoms with van der Waals surface area (Å²) in [6.45, 7) is 3.83. The van der Waals surface area contributed by atoms with E-state index >= 15 is 0 Å². The van der Waals surface area contributed by atoms with Crippen LogP contribution >= 0.6 is 11.3 Å². The van der Waals surface area contributed by atoms with Crippen molar-refractivity contribution in [3.05, 3.63) is 34.7 Å². The van der Waals surface area contributed by atoms with Crippen molar-refractivity contribution in [2.75, 3.05) is 0 Å². The summed E-state index contributed by atoms with van der Waals surface area (Å²) < 4.78 is 1.24. The lowest BCUT2D eigenvalue weighted by molar-refractivity contribution is -0.141. The maximum absolute atomic E-state index is 10.8. The number of benzene rings is 1. The van der Waals surface area contributed by atoms with Gasteiger partial charge in [0.15, 0.2) is 0 Å². The predicted octanol–water partition coefficient (Wildman–Crippen LogP) is 3.47. The zero-order chi connectivity index (χ0) is 11.7. The lowest BCUT2D eigenvalue weighted by atomic mass is 10.0. The molecule has 1 heterocycles. The molecule has 1 N–H and O–H groups in total. The van der Waals surface area contributed by atoms with Gasteiger partial charge in [-0.15, -0.1) is 11.3 Å². The first-order valence-corrected chi connectivity index (χ1v) is 6.11. The highest BCUT2D eigenvalue weighted by molar-refractivity contribution is 7.19. The Morgan fingerprint density at radius 2 is 2.12 bits per heavy atom. The molecule has 2 aromatic rings. The third-order valence-corrected chi connectivity index (χ3v) is 4.15. The Hall–Kier alpha value is -1.35. The van der Waals surface area contributed by atoms with E-state index < -0.39 is 5.97 Å². The van der Waals surface area contributed by atoms with E-state index in [1.807, 2.05) is 12.1 Å². The largest absolute Gasteiger partial charge is 0.481 e. The van der Waals surface area contributed by atoms with Crippen LogP contribution in [0.15, 0.2) is 24.3 Å². The van der Waals surface area contributed by atoms with Crippen LogP contribution in [0.2, 0.25) is 0 Å². The van der Waals surface area contributed by atoms with Crippen LogP contribution < -0.4 is 0 Å². The van der Waals surface area contributed by atoms with Gasteiger partial charge in [-0.1, -0.05) is 25.1 Å². The molecule has 0 amide bonds. The Morgan fingerprint density at radius 3 is 2.75 bits per heavy atom. The zero-order valence-electron chi connectivity index (χ0n) is 9.36. The summed E-state index contributed by atoms with van der Waals surface area (Å²) in [6.07, 6.45) is 0.626. The summed E-state index contributed by atoms with van der Waals surface area (Å²) in [7, 11) is 0. The van der Waals surface area contributed by atoms with E-state index in [9.17, 15) is 4.79 Å². The fourth-order valence-corrected chi connectivity index (χ4v) is 3.12. The molecule has 0 radical (unpaired) electrons. The van der Waals surface area contributed by atoms with Gasteiger partial charge in [-0.2, -0.15) is 0 Å². The minimum atomic E-state index is -0.725. The average Bonchev–Trinajstić information content (AvgIpc) is 2.56. The summed E-state index contributed by atoms with van der Waals surface area (Å²) >= 11 is 1.71.